The molecule has 1 unspecified atom stereocenters. The third-order valence-electron chi connectivity index (χ3n) is 1.61. The Morgan fingerprint density at radius 2 is 2.29 bits per heavy atom. The topological polar surface area (TPSA) is 48.1 Å². The van der Waals surface area contributed by atoms with Crippen LogP contribution in [0.5, 0.6) is 5.88 Å². The predicted octanol–water partition coefficient (Wildman–Crippen LogP) is 1.87. The number of nitrogens with two attached hydrogens (primary N) is 1. The molecule has 3 nitrogen and oxygen atoms in total. The Morgan fingerprint density at radius 1 is 1.57 bits per heavy atom. The van der Waals surface area contributed by atoms with Gasteiger partial charge in [0.15, 0.2) is 0 Å². The van der Waals surface area contributed by atoms with Gasteiger partial charge >= 0.3 is 0 Å². The van der Waals surface area contributed by atoms with Crippen molar-refractivity contribution in [2.24, 2.45) is 5.73 Å². The van der Waals surface area contributed by atoms with Crippen LogP contribution >= 0.6 is 12.4 Å². The van der Waals surface area contributed by atoms with Crippen molar-refractivity contribution >= 4 is 12.4 Å². The van der Waals surface area contributed by atoms with Crippen molar-refractivity contribution < 1.29 is 9.13 Å². The van der Waals surface area contributed by atoms with Gasteiger partial charge in [-0.15, -0.1) is 12.4 Å². The molecule has 1 aromatic rings. The molecular formula is C9H14ClFN2O. The van der Waals surface area contributed by atoms with Gasteiger partial charge in [0.1, 0.15) is 13.3 Å². The van der Waals surface area contributed by atoms with E-state index in [0.717, 1.165) is 5.56 Å². The fourth-order valence-electron chi connectivity index (χ4n) is 0.890. The molecule has 0 aliphatic carbocycles. The number of aromatic nitrogens is 1. The second kappa shape index (κ2) is 6.56. The van der Waals surface area contributed by atoms with E-state index < -0.39 is 6.67 Å². The average Bonchev–Trinajstić information content (AvgIpc) is 2.15. The summed E-state index contributed by atoms with van der Waals surface area (Å²) in [5, 5.41) is 0. The first-order chi connectivity index (χ1) is 6.24. The zero-order valence-electron chi connectivity index (χ0n) is 7.94. The van der Waals surface area contributed by atoms with Gasteiger partial charge in [-0.3, -0.25) is 0 Å². The largest absolute Gasteiger partial charge is 0.475 e. The first-order valence-electron chi connectivity index (χ1n) is 4.14. The molecule has 0 spiro atoms. The van der Waals surface area contributed by atoms with Gasteiger partial charge in [0.2, 0.25) is 5.88 Å². The monoisotopic (exact) mass is 220 g/mol. The van der Waals surface area contributed by atoms with E-state index in [9.17, 15) is 4.39 Å². The van der Waals surface area contributed by atoms with Crippen molar-refractivity contribution in [3.8, 4) is 5.88 Å². The summed E-state index contributed by atoms with van der Waals surface area (Å²) in [6, 6.07) is 3.47. The third-order valence-corrected chi connectivity index (χ3v) is 1.61. The van der Waals surface area contributed by atoms with Gasteiger partial charge in [-0.05, 0) is 12.5 Å². The number of nitrogens with zero attached hydrogens (tertiary/aromatic N) is 1. The number of alkyl halides is 1. The molecule has 1 heterocycles. The van der Waals surface area contributed by atoms with Crippen LogP contribution in [0.2, 0.25) is 0 Å². The van der Waals surface area contributed by atoms with Crippen LogP contribution in [0.4, 0.5) is 4.39 Å². The highest BCUT2D eigenvalue weighted by atomic mass is 35.5. The minimum absolute atomic E-state index is 0. The fourth-order valence-corrected chi connectivity index (χ4v) is 0.890. The Bertz CT molecular complexity index is 253. The van der Waals surface area contributed by atoms with Gasteiger partial charge in [0.25, 0.3) is 0 Å². The smallest absolute Gasteiger partial charge is 0.213 e. The first kappa shape index (κ1) is 13.1. The molecule has 0 radical (unpaired) electrons. The molecule has 0 amide bonds. The van der Waals surface area contributed by atoms with Crippen LogP contribution in [0, 0.1) is 0 Å². The lowest BCUT2D eigenvalue weighted by molar-refractivity contribution is 0.264. The summed E-state index contributed by atoms with van der Waals surface area (Å²) in [6.07, 6.45) is 1.64. The molecule has 0 bridgehead atoms. The van der Waals surface area contributed by atoms with E-state index in [4.69, 9.17) is 10.5 Å². The Morgan fingerprint density at radius 3 is 2.71 bits per heavy atom. The molecule has 5 heteroatoms. The zero-order chi connectivity index (χ0) is 9.68. The van der Waals surface area contributed by atoms with Gasteiger partial charge in [-0.1, -0.05) is 6.07 Å². The summed E-state index contributed by atoms with van der Waals surface area (Å²) >= 11 is 0. The van der Waals surface area contributed by atoms with Gasteiger partial charge in [-0.25, -0.2) is 9.37 Å². The Hall–Kier alpha value is -0.870. The van der Waals surface area contributed by atoms with E-state index in [2.05, 4.69) is 4.98 Å². The van der Waals surface area contributed by atoms with E-state index in [-0.39, 0.29) is 25.1 Å². The molecule has 0 saturated carbocycles. The van der Waals surface area contributed by atoms with E-state index in [1.54, 1.807) is 12.3 Å². The Labute approximate surface area is 88.9 Å². The molecule has 1 rings (SSSR count). The van der Waals surface area contributed by atoms with E-state index in [1.165, 1.54) is 0 Å². The molecule has 14 heavy (non-hydrogen) atoms. The lowest BCUT2D eigenvalue weighted by Gasteiger charge is -2.06. The SMILES string of the molecule is CC(N)c1ccc(OCCF)nc1.Cl. The summed E-state index contributed by atoms with van der Waals surface area (Å²) in [5.74, 6) is 0.432. The Kier molecular flexibility index (Phi) is 6.16. The van der Waals surface area contributed by atoms with Crippen molar-refractivity contribution in [3.63, 3.8) is 0 Å². The number of rotatable bonds is 4. The lowest BCUT2D eigenvalue weighted by Crippen LogP contribution is -2.06. The molecule has 80 valence electrons. The number of hydrogen-bond donors (Lipinski definition) is 1. The van der Waals surface area contributed by atoms with Crippen molar-refractivity contribution in [3.05, 3.63) is 23.9 Å². The summed E-state index contributed by atoms with van der Waals surface area (Å²) in [7, 11) is 0. The minimum Gasteiger partial charge on any atom is -0.475 e. The van der Waals surface area contributed by atoms with Crippen molar-refractivity contribution in [1.29, 1.82) is 0 Å². The molecule has 0 saturated heterocycles. The molecule has 1 atom stereocenters. The summed E-state index contributed by atoms with van der Waals surface area (Å²) in [5.41, 5.74) is 6.56. The van der Waals surface area contributed by atoms with E-state index >= 15 is 0 Å². The van der Waals surface area contributed by atoms with Crippen LogP contribution < -0.4 is 10.5 Å². The second-order valence-electron chi connectivity index (χ2n) is 2.76. The molecule has 1 aromatic heterocycles. The minimum atomic E-state index is -0.503. The maximum atomic E-state index is 11.7. The number of pyridine rings is 1. The molecule has 0 fully saturated rings. The molecular weight excluding hydrogens is 207 g/mol. The van der Waals surface area contributed by atoms with Crippen LogP contribution in [0.3, 0.4) is 0 Å². The van der Waals surface area contributed by atoms with Gasteiger partial charge in [0.05, 0.1) is 0 Å². The second-order valence-corrected chi connectivity index (χ2v) is 2.76. The maximum absolute atomic E-state index is 11.7. The van der Waals surface area contributed by atoms with Gasteiger partial charge in [-0.2, -0.15) is 0 Å². The lowest BCUT2D eigenvalue weighted by atomic mass is 10.2. The quantitative estimate of drug-likeness (QED) is 0.843. The maximum Gasteiger partial charge on any atom is 0.213 e. The first-order valence-corrected chi connectivity index (χ1v) is 4.14. The molecule has 0 aliphatic rings. The normalized spacial score (nSPS) is 11.6. The molecule has 2 N–H and O–H groups in total. The van der Waals surface area contributed by atoms with E-state index in [1.807, 2.05) is 13.0 Å². The summed E-state index contributed by atoms with van der Waals surface area (Å²) < 4.78 is 16.7. The number of halogens is 2. The fraction of sp³-hybridized carbons (Fsp3) is 0.444. The summed E-state index contributed by atoms with van der Waals surface area (Å²) in [4.78, 5) is 3.97. The zero-order valence-corrected chi connectivity index (χ0v) is 8.76. The molecule has 0 aromatic carbocycles. The Balaban J connectivity index is 0.00000169. The van der Waals surface area contributed by atoms with Gasteiger partial charge in [0, 0.05) is 18.3 Å². The number of ether oxygens (including phenoxy) is 1. The third kappa shape index (κ3) is 3.89. The average molecular weight is 221 g/mol. The standard InChI is InChI=1S/C9H13FN2O.ClH/c1-7(11)8-2-3-9(12-6-8)13-5-4-10;/h2-3,6-7H,4-5,11H2,1H3;1H. The predicted molar refractivity (Wildman–Crippen MR) is 55.6 cm³/mol. The van der Waals surface area contributed by atoms with E-state index in [0.29, 0.717) is 5.88 Å². The van der Waals surface area contributed by atoms with Crippen molar-refractivity contribution in [1.82, 2.24) is 4.98 Å². The highest BCUT2D eigenvalue weighted by Crippen LogP contribution is 2.12. The van der Waals surface area contributed by atoms with Crippen LogP contribution in [-0.4, -0.2) is 18.3 Å². The highest BCUT2D eigenvalue weighted by Gasteiger charge is 2.00. The van der Waals surface area contributed by atoms with Crippen molar-refractivity contribution in [2.45, 2.75) is 13.0 Å². The van der Waals surface area contributed by atoms with Crippen LogP contribution in [0.25, 0.3) is 0 Å². The van der Waals surface area contributed by atoms with Crippen LogP contribution in [0.15, 0.2) is 18.3 Å². The number of hydrogen-bond acceptors (Lipinski definition) is 3. The molecule has 0 aliphatic heterocycles. The van der Waals surface area contributed by atoms with Gasteiger partial charge < -0.3 is 10.5 Å². The van der Waals surface area contributed by atoms with Crippen molar-refractivity contribution in [2.75, 3.05) is 13.3 Å². The van der Waals surface area contributed by atoms with Crippen LogP contribution in [0.1, 0.15) is 18.5 Å². The highest BCUT2D eigenvalue weighted by molar-refractivity contribution is 5.85. The summed E-state index contributed by atoms with van der Waals surface area (Å²) in [6.45, 7) is 1.42. The van der Waals surface area contributed by atoms with Crippen LogP contribution in [-0.2, 0) is 0 Å².